The summed E-state index contributed by atoms with van der Waals surface area (Å²) in [5.74, 6) is -0.508. The Morgan fingerprint density at radius 3 is 2.30 bits per heavy atom. The maximum Gasteiger partial charge on any atom is 0.240 e. The third-order valence-corrected chi connectivity index (χ3v) is 7.54. The first-order valence-corrected chi connectivity index (χ1v) is 12.4. The predicted octanol–water partition coefficient (Wildman–Crippen LogP) is 3.38. The largest absolute Gasteiger partial charge is 0.352 e. The van der Waals surface area contributed by atoms with E-state index < -0.39 is 10.0 Å². The van der Waals surface area contributed by atoms with E-state index in [1.54, 1.807) is 47.3 Å². The number of aryl methyl sites for hydroxylation is 1. The van der Waals surface area contributed by atoms with Crippen molar-refractivity contribution in [3.05, 3.63) is 72.3 Å². The fourth-order valence-corrected chi connectivity index (χ4v) is 5.40. The number of rotatable bonds is 7. The van der Waals surface area contributed by atoms with Gasteiger partial charge in [-0.15, -0.1) is 0 Å². The minimum absolute atomic E-state index is 0.0494. The van der Waals surface area contributed by atoms with Gasteiger partial charge in [0.1, 0.15) is 5.82 Å². The molecule has 0 bridgehead atoms. The van der Waals surface area contributed by atoms with Gasteiger partial charge in [0, 0.05) is 37.3 Å². The summed E-state index contributed by atoms with van der Waals surface area (Å²) < 4.78 is 43.1. The number of sulfonamides is 1. The van der Waals surface area contributed by atoms with Gasteiger partial charge in [0.2, 0.25) is 15.9 Å². The van der Waals surface area contributed by atoms with E-state index in [1.807, 2.05) is 13.2 Å². The standard InChI is InChI=1S/C24H27FN4O3S/c1-29-16-20(15-27-29)18-6-12-23(13-7-18)33(31,32)28-22-10-4-19(5-11-22)24(30)26-14-17-2-8-21(25)9-3-17/h2-3,6-9,12-13,15-16,19,22,28H,4-5,10-11,14H2,1H3,(H,26,30). The van der Waals surface area contributed by atoms with Crippen LogP contribution in [-0.2, 0) is 28.4 Å². The molecule has 0 saturated heterocycles. The molecule has 1 aliphatic rings. The Labute approximate surface area is 193 Å². The fraction of sp³-hybridized carbons (Fsp3) is 0.333. The minimum Gasteiger partial charge on any atom is -0.352 e. The number of halogens is 1. The maximum absolute atomic E-state index is 13.0. The van der Waals surface area contributed by atoms with Crippen molar-refractivity contribution in [2.24, 2.45) is 13.0 Å². The summed E-state index contributed by atoms with van der Waals surface area (Å²) in [6.07, 6.45) is 6.03. The Morgan fingerprint density at radius 2 is 1.70 bits per heavy atom. The van der Waals surface area contributed by atoms with Gasteiger partial charge in [-0.25, -0.2) is 17.5 Å². The van der Waals surface area contributed by atoms with Crippen LogP contribution in [0.2, 0.25) is 0 Å². The lowest BCUT2D eigenvalue weighted by molar-refractivity contribution is -0.126. The van der Waals surface area contributed by atoms with Gasteiger partial charge in [-0.1, -0.05) is 24.3 Å². The molecule has 33 heavy (non-hydrogen) atoms. The molecule has 2 aromatic carbocycles. The topological polar surface area (TPSA) is 93.1 Å². The number of carbonyl (C=O) groups is 1. The number of hydrogen-bond acceptors (Lipinski definition) is 4. The van der Waals surface area contributed by atoms with Gasteiger partial charge in [0.05, 0.1) is 11.1 Å². The fourth-order valence-electron chi connectivity index (χ4n) is 4.09. The molecule has 1 saturated carbocycles. The highest BCUT2D eigenvalue weighted by atomic mass is 32.2. The summed E-state index contributed by atoms with van der Waals surface area (Å²) in [5, 5.41) is 7.03. The summed E-state index contributed by atoms with van der Waals surface area (Å²) in [6, 6.07) is 12.6. The van der Waals surface area contributed by atoms with E-state index in [0.717, 1.165) is 16.7 Å². The van der Waals surface area contributed by atoms with Crippen molar-refractivity contribution in [3.63, 3.8) is 0 Å². The number of benzene rings is 2. The van der Waals surface area contributed by atoms with Crippen LogP contribution in [0.3, 0.4) is 0 Å². The van der Waals surface area contributed by atoms with Crippen molar-refractivity contribution in [2.45, 2.75) is 43.2 Å². The lowest BCUT2D eigenvalue weighted by Crippen LogP contribution is -2.40. The second-order valence-electron chi connectivity index (χ2n) is 8.44. The van der Waals surface area contributed by atoms with Crippen LogP contribution in [0.5, 0.6) is 0 Å². The zero-order chi connectivity index (χ0) is 23.4. The highest BCUT2D eigenvalue weighted by Crippen LogP contribution is 2.26. The zero-order valence-electron chi connectivity index (χ0n) is 18.4. The third-order valence-electron chi connectivity index (χ3n) is 6.00. The van der Waals surface area contributed by atoms with E-state index in [-0.39, 0.29) is 28.6 Å². The van der Waals surface area contributed by atoms with Crippen molar-refractivity contribution in [1.29, 1.82) is 0 Å². The number of nitrogens with one attached hydrogen (secondary N) is 2. The normalized spacial score (nSPS) is 18.7. The maximum atomic E-state index is 13.0. The summed E-state index contributed by atoms with van der Waals surface area (Å²) in [6.45, 7) is 0.348. The number of nitrogens with zero attached hydrogens (tertiary/aromatic N) is 2. The Hall–Kier alpha value is -3.04. The molecule has 0 unspecified atom stereocenters. The molecule has 3 aromatic rings. The van der Waals surface area contributed by atoms with Crippen molar-refractivity contribution < 1.29 is 17.6 Å². The molecule has 1 heterocycles. The molecule has 2 N–H and O–H groups in total. The number of aromatic nitrogens is 2. The first-order valence-electron chi connectivity index (χ1n) is 10.9. The summed E-state index contributed by atoms with van der Waals surface area (Å²) in [7, 11) is -1.81. The molecule has 1 aliphatic carbocycles. The highest BCUT2D eigenvalue weighted by Gasteiger charge is 2.29. The smallest absolute Gasteiger partial charge is 0.240 e. The predicted molar refractivity (Wildman–Crippen MR) is 123 cm³/mol. The first-order chi connectivity index (χ1) is 15.8. The Bertz CT molecular complexity index is 1200. The van der Waals surface area contributed by atoms with Crippen molar-refractivity contribution in [3.8, 4) is 11.1 Å². The van der Waals surface area contributed by atoms with Gasteiger partial charge in [-0.3, -0.25) is 9.48 Å². The minimum atomic E-state index is -3.64. The lowest BCUT2D eigenvalue weighted by Gasteiger charge is -2.28. The second-order valence-corrected chi connectivity index (χ2v) is 10.2. The van der Waals surface area contributed by atoms with Crippen LogP contribution in [-0.4, -0.2) is 30.1 Å². The van der Waals surface area contributed by atoms with Gasteiger partial charge < -0.3 is 5.32 Å². The third kappa shape index (κ3) is 5.85. The molecule has 7 nitrogen and oxygen atoms in total. The molecule has 4 rings (SSSR count). The molecule has 1 amide bonds. The molecule has 0 radical (unpaired) electrons. The van der Waals surface area contributed by atoms with E-state index >= 15 is 0 Å². The lowest BCUT2D eigenvalue weighted by atomic mass is 9.86. The molecule has 174 valence electrons. The Morgan fingerprint density at radius 1 is 1.03 bits per heavy atom. The van der Waals surface area contributed by atoms with Crippen LogP contribution in [0, 0.1) is 11.7 Å². The molecule has 1 fully saturated rings. The average Bonchev–Trinajstić information content (AvgIpc) is 3.25. The Kier molecular flexibility index (Phi) is 6.90. The van der Waals surface area contributed by atoms with Gasteiger partial charge in [0.15, 0.2) is 0 Å². The quantitative estimate of drug-likeness (QED) is 0.554. The summed E-state index contributed by atoms with van der Waals surface area (Å²) >= 11 is 0. The Balaban J connectivity index is 1.28. The number of carbonyl (C=O) groups excluding carboxylic acids is 1. The summed E-state index contributed by atoms with van der Waals surface area (Å²) in [4.78, 5) is 12.7. The van der Waals surface area contributed by atoms with Crippen LogP contribution < -0.4 is 10.0 Å². The van der Waals surface area contributed by atoms with Crippen LogP contribution >= 0.6 is 0 Å². The highest BCUT2D eigenvalue weighted by molar-refractivity contribution is 7.89. The van der Waals surface area contributed by atoms with Gasteiger partial charge in [-0.2, -0.15) is 5.10 Å². The average molecular weight is 471 g/mol. The van der Waals surface area contributed by atoms with E-state index in [1.165, 1.54) is 12.1 Å². The van der Waals surface area contributed by atoms with Gasteiger partial charge >= 0.3 is 0 Å². The van der Waals surface area contributed by atoms with Gasteiger partial charge in [0.25, 0.3) is 0 Å². The van der Waals surface area contributed by atoms with E-state index in [2.05, 4.69) is 15.1 Å². The summed E-state index contributed by atoms with van der Waals surface area (Å²) in [5.41, 5.74) is 2.65. The monoisotopic (exact) mass is 470 g/mol. The first kappa shape index (κ1) is 23.1. The molecule has 0 aliphatic heterocycles. The molecular weight excluding hydrogens is 443 g/mol. The van der Waals surface area contributed by atoms with E-state index in [0.29, 0.717) is 32.2 Å². The van der Waals surface area contributed by atoms with Crippen LogP contribution in [0.15, 0.2) is 65.8 Å². The molecule has 1 aromatic heterocycles. The zero-order valence-corrected chi connectivity index (χ0v) is 19.2. The van der Waals surface area contributed by atoms with Crippen LogP contribution in [0.1, 0.15) is 31.2 Å². The molecule has 9 heteroatoms. The number of amides is 1. The molecular formula is C24H27FN4O3S. The molecule has 0 atom stereocenters. The van der Waals surface area contributed by atoms with Crippen molar-refractivity contribution >= 4 is 15.9 Å². The van der Waals surface area contributed by atoms with E-state index in [4.69, 9.17) is 0 Å². The van der Waals surface area contributed by atoms with E-state index in [9.17, 15) is 17.6 Å². The molecule has 0 spiro atoms. The van der Waals surface area contributed by atoms with Crippen LogP contribution in [0.4, 0.5) is 4.39 Å². The van der Waals surface area contributed by atoms with Crippen molar-refractivity contribution in [1.82, 2.24) is 19.8 Å². The van der Waals surface area contributed by atoms with Crippen LogP contribution in [0.25, 0.3) is 11.1 Å². The number of hydrogen-bond donors (Lipinski definition) is 2. The second kappa shape index (κ2) is 9.84. The SMILES string of the molecule is Cn1cc(-c2ccc(S(=O)(=O)NC3CCC(C(=O)NCc4ccc(F)cc4)CC3)cc2)cn1. The van der Waals surface area contributed by atoms with Crippen molar-refractivity contribution in [2.75, 3.05) is 0 Å². The van der Waals surface area contributed by atoms with Gasteiger partial charge in [-0.05, 0) is 61.1 Å².